The number of rotatable bonds is 6. The molecule has 0 amide bonds. The van der Waals surface area contributed by atoms with Crippen LogP contribution in [0.15, 0.2) is 24.3 Å². The van der Waals surface area contributed by atoms with E-state index in [-0.39, 0.29) is 0 Å². The summed E-state index contributed by atoms with van der Waals surface area (Å²) in [5, 5.41) is 0. The van der Waals surface area contributed by atoms with Gasteiger partial charge in [-0.3, -0.25) is 4.72 Å². The van der Waals surface area contributed by atoms with E-state index in [4.69, 9.17) is 4.74 Å². The number of benzene rings is 1. The molecule has 5 heteroatoms. The second-order valence-corrected chi connectivity index (χ2v) is 5.78. The molecule has 0 fully saturated rings. The summed E-state index contributed by atoms with van der Waals surface area (Å²) in [5.74, 6) is 0. The van der Waals surface area contributed by atoms with Crippen molar-refractivity contribution in [2.45, 2.75) is 13.3 Å². The summed E-state index contributed by atoms with van der Waals surface area (Å²) in [5.41, 5.74) is 2.72. The topological polar surface area (TPSA) is 55.4 Å². The van der Waals surface area contributed by atoms with Gasteiger partial charge in [0, 0.05) is 12.8 Å². The Labute approximate surface area is 109 Å². The zero-order valence-corrected chi connectivity index (χ0v) is 11.8. The molecule has 1 aromatic rings. The van der Waals surface area contributed by atoms with Crippen molar-refractivity contribution in [1.29, 1.82) is 0 Å². The highest BCUT2D eigenvalue weighted by Gasteiger charge is 2.05. The Kier molecular flexibility index (Phi) is 5.37. The fourth-order valence-electron chi connectivity index (χ4n) is 1.65. The Balaban J connectivity index is 3.04. The summed E-state index contributed by atoms with van der Waals surface area (Å²) >= 11 is 0. The van der Waals surface area contributed by atoms with Gasteiger partial charge in [0.25, 0.3) is 0 Å². The SMILES string of the molecule is CC=Cc1ccc(NS(C)(=O)=O)cc1CCOC. The van der Waals surface area contributed by atoms with Crippen molar-refractivity contribution in [3.05, 3.63) is 35.4 Å². The summed E-state index contributed by atoms with van der Waals surface area (Å²) in [4.78, 5) is 0. The highest BCUT2D eigenvalue weighted by molar-refractivity contribution is 7.92. The van der Waals surface area contributed by atoms with Gasteiger partial charge in [0.05, 0.1) is 12.9 Å². The van der Waals surface area contributed by atoms with E-state index in [2.05, 4.69) is 4.72 Å². The van der Waals surface area contributed by atoms with Crippen LogP contribution in [0.5, 0.6) is 0 Å². The lowest BCUT2D eigenvalue weighted by Gasteiger charge is -2.10. The number of ether oxygens (including phenoxy) is 1. The maximum Gasteiger partial charge on any atom is 0.229 e. The summed E-state index contributed by atoms with van der Waals surface area (Å²) in [6.07, 6.45) is 5.83. The van der Waals surface area contributed by atoms with Crippen LogP contribution in [0.1, 0.15) is 18.1 Å². The molecule has 4 nitrogen and oxygen atoms in total. The van der Waals surface area contributed by atoms with Crippen molar-refractivity contribution >= 4 is 21.8 Å². The number of nitrogens with one attached hydrogen (secondary N) is 1. The molecule has 0 bridgehead atoms. The molecule has 1 N–H and O–H groups in total. The average Bonchev–Trinajstić information content (AvgIpc) is 2.27. The number of hydrogen-bond donors (Lipinski definition) is 1. The largest absolute Gasteiger partial charge is 0.384 e. The molecule has 0 saturated carbocycles. The quantitative estimate of drug-likeness (QED) is 0.862. The van der Waals surface area contributed by atoms with Crippen LogP contribution in [0.3, 0.4) is 0 Å². The van der Waals surface area contributed by atoms with Gasteiger partial charge in [-0.2, -0.15) is 0 Å². The lowest BCUT2D eigenvalue weighted by molar-refractivity contribution is 0.202. The van der Waals surface area contributed by atoms with Gasteiger partial charge in [0.1, 0.15) is 0 Å². The van der Waals surface area contributed by atoms with Gasteiger partial charge in [0.2, 0.25) is 10.0 Å². The Morgan fingerprint density at radius 3 is 2.67 bits per heavy atom. The summed E-state index contributed by atoms with van der Waals surface area (Å²) < 4.78 is 29.9. The van der Waals surface area contributed by atoms with E-state index >= 15 is 0 Å². The number of anilines is 1. The van der Waals surface area contributed by atoms with Crippen LogP contribution in [0.4, 0.5) is 5.69 Å². The molecule has 100 valence electrons. The molecule has 0 aliphatic heterocycles. The normalized spacial score (nSPS) is 11.9. The molecule has 0 atom stereocenters. The lowest BCUT2D eigenvalue weighted by Crippen LogP contribution is -2.10. The Morgan fingerprint density at radius 2 is 2.11 bits per heavy atom. The minimum absolute atomic E-state index is 0.580. The standard InChI is InChI=1S/C13H19NO3S/c1-4-5-11-6-7-13(14-18(3,15)16)10-12(11)8-9-17-2/h4-7,10,14H,8-9H2,1-3H3. The molecule has 0 spiro atoms. The molecule has 1 aromatic carbocycles. The number of sulfonamides is 1. The maximum atomic E-state index is 11.2. The fraction of sp³-hybridized carbons (Fsp3) is 0.385. The molecule has 0 radical (unpaired) electrons. The lowest BCUT2D eigenvalue weighted by atomic mass is 10.0. The first kappa shape index (κ1) is 14.7. The zero-order valence-electron chi connectivity index (χ0n) is 10.9. The van der Waals surface area contributed by atoms with Crippen LogP contribution in [-0.4, -0.2) is 28.4 Å². The predicted octanol–water partition coefficient (Wildman–Crippen LogP) is 2.28. The van der Waals surface area contributed by atoms with Crippen LogP contribution in [0.2, 0.25) is 0 Å². The Bertz CT molecular complexity index is 521. The number of methoxy groups -OCH3 is 1. The molecule has 0 aromatic heterocycles. The summed E-state index contributed by atoms with van der Waals surface area (Å²) in [6.45, 7) is 2.55. The van der Waals surface area contributed by atoms with Crippen LogP contribution >= 0.6 is 0 Å². The van der Waals surface area contributed by atoms with Crippen LogP contribution in [0.25, 0.3) is 6.08 Å². The van der Waals surface area contributed by atoms with Crippen molar-refractivity contribution in [2.75, 3.05) is 24.7 Å². The molecule has 0 aliphatic carbocycles. The van der Waals surface area contributed by atoms with Crippen molar-refractivity contribution in [3.63, 3.8) is 0 Å². The second-order valence-electron chi connectivity index (χ2n) is 4.03. The van der Waals surface area contributed by atoms with E-state index in [0.717, 1.165) is 23.8 Å². The van der Waals surface area contributed by atoms with Gasteiger partial charge >= 0.3 is 0 Å². The van der Waals surface area contributed by atoms with Crippen molar-refractivity contribution in [3.8, 4) is 0 Å². The van der Waals surface area contributed by atoms with Crippen LogP contribution in [0, 0.1) is 0 Å². The fourth-order valence-corrected chi connectivity index (χ4v) is 2.21. The highest BCUT2D eigenvalue weighted by Crippen LogP contribution is 2.19. The predicted molar refractivity (Wildman–Crippen MR) is 75.2 cm³/mol. The third-order valence-electron chi connectivity index (χ3n) is 2.37. The van der Waals surface area contributed by atoms with Gasteiger partial charge in [-0.25, -0.2) is 8.42 Å². The van der Waals surface area contributed by atoms with Crippen molar-refractivity contribution < 1.29 is 13.2 Å². The monoisotopic (exact) mass is 269 g/mol. The smallest absolute Gasteiger partial charge is 0.229 e. The van der Waals surface area contributed by atoms with Crippen molar-refractivity contribution in [2.24, 2.45) is 0 Å². The molecule has 1 rings (SSSR count). The molecular weight excluding hydrogens is 250 g/mol. The van der Waals surface area contributed by atoms with E-state index in [9.17, 15) is 8.42 Å². The van der Waals surface area contributed by atoms with E-state index < -0.39 is 10.0 Å². The molecule has 18 heavy (non-hydrogen) atoms. The van der Waals surface area contributed by atoms with Gasteiger partial charge < -0.3 is 4.74 Å². The second kappa shape index (κ2) is 6.56. The number of hydrogen-bond acceptors (Lipinski definition) is 3. The highest BCUT2D eigenvalue weighted by atomic mass is 32.2. The molecule has 0 saturated heterocycles. The first-order chi connectivity index (χ1) is 8.46. The Hall–Kier alpha value is -1.33. The third kappa shape index (κ3) is 4.89. The van der Waals surface area contributed by atoms with Crippen molar-refractivity contribution in [1.82, 2.24) is 0 Å². The van der Waals surface area contributed by atoms with Crippen LogP contribution < -0.4 is 4.72 Å². The minimum Gasteiger partial charge on any atom is -0.384 e. The molecular formula is C13H19NO3S. The summed E-state index contributed by atoms with van der Waals surface area (Å²) in [7, 11) is -1.59. The van der Waals surface area contributed by atoms with Gasteiger partial charge in [0.15, 0.2) is 0 Å². The zero-order chi connectivity index (χ0) is 13.6. The Morgan fingerprint density at radius 1 is 1.39 bits per heavy atom. The first-order valence-electron chi connectivity index (χ1n) is 5.68. The molecule has 0 unspecified atom stereocenters. The van der Waals surface area contributed by atoms with Crippen LogP contribution in [-0.2, 0) is 21.2 Å². The number of allylic oxidation sites excluding steroid dienone is 1. The molecule has 0 heterocycles. The van der Waals surface area contributed by atoms with E-state index in [0.29, 0.717) is 12.3 Å². The van der Waals surface area contributed by atoms with Gasteiger partial charge in [-0.05, 0) is 36.6 Å². The average molecular weight is 269 g/mol. The third-order valence-corrected chi connectivity index (χ3v) is 2.97. The van der Waals surface area contributed by atoms with E-state index in [1.807, 2.05) is 31.2 Å². The van der Waals surface area contributed by atoms with Gasteiger partial charge in [-0.15, -0.1) is 0 Å². The maximum absolute atomic E-state index is 11.2. The van der Waals surface area contributed by atoms with E-state index in [1.165, 1.54) is 0 Å². The first-order valence-corrected chi connectivity index (χ1v) is 7.57. The summed E-state index contributed by atoms with van der Waals surface area (Å²) in [6, 6.07) is 5.50. The minimum atomic E-state index is -3.24. The van der Waals surface area contributed by atoms with Gasteiger partial charge in [-0.1, -0.05) is 18.2 Å². The van der Waals surface area contributed by atoms with E-state index in [1.54, 1.807) is 13.2 Å². The molecule has 0 aliphatic rings.